The van der Waals surface area contributed by atoms with Gasteiger partial charge in [0, 0.05) is 29.8 Å². The van der Waals surface area contributed by atoms with Gasteiger partial charge in [0.1, 0.15) is 5.76 Å². The van der Waals surface area contributed by atoms with Gasteiger partial charge in [0.2, 0.25) is 17.3 Å². The summed E-state index contributed by atoms with van der Waals surface area (Å²) in [4.78, 5) is 30.3. The Hall–Kier alpha value is -3.23. The van der Waals surface area contributed by atoms with Crippen molar-refractivity contribution < 1.29 is 13.8 Å². The summed E-state index contributed by atoms with van der Waals surface area (Å²) < 4.78 is 10.3. The summed E-state index contributed by atoms with van der Waals surface area (Å²) in [6, 6.07) is 3.03. The van der Waals surface area contributed by atoms with Gasteiger partial charge in [0.15, 0.2) is 5.69 Å². The third kappa shape index (κ3) is 3.08. The first-order chi connectivity index (χ1) is 12.2. The molecule has 128 valence electrons. The molecule has 0 aliphatic heterocycles. The normalized spacial score (nSPS) is 13.4. The molecule has 0 radical (unpaired) electrons. The molecule has 3 aromatic heterocycles. The van der Waals surface area contributed by atoms with Gasteiger partial charge in [-0.05, 0) is 25.3 Å². The first-order valence-corrected chi connectivity index (χ1v) is 7.98. The maximum absolute atomic E-state index is 12.3. The summed E-state index contributed by atoms with van der Waals surface area (Å²) >= 11 is 0. The molecular formula is C16H15N5O4. The molecule has 0 saturated carbocycles. The third-order valence-corrected chi connectivity index (χ3v) is 4.07. The van der Waals surface area contributed by atoms with Crippen molar-refractivity contribution in [3.8, 4) is 11.4 Å². The number of hydrogen-bond donors (Lipinski definition) is 2. The number of nitrogens with zero attached hydrogens (tertiary/aromatic N) is 3. The zero-order chi connectivity index (χ0) is 17.2. The van der Waals surface area contributed by atoms with Crippen LogP contribution in [-0.4, -0.2) is 26.2 Å². The van der Waals surface area contributed by atoms with Crippen LogP contribution < -0.4 is 10.9 Å². The average Bonchev–Trinajstić information content (AvgIpc) is 3.27. The molecule has 0 spiro atoms. The van der Waals surface area contributed by atoms with Crippen molar-refractivity contribution in [1.82, 2.24) is 25.6 Å². The first kappa shape index (κ1) is 15.3. The molecule has 3 heterocycles. The number of carbonyl (C=O) groups excluding carboxylic acids is 1. The Kier molecular flexibility index (Phi) is 3.88. The van der Waals surface area contributed by atoms with Crippen LogP contribution in [0.15, 0.2) is 32.2 Å². The number of aromatic amines is 1. The zero-order valence-corrected chi connectivity index (χ0v) is 13.2. The van der Waals surface area contributed by atoms with Gasteiger partial charge in [0.25, 0.3) is 5.91 Å². The maximum Gasteiger partial charge on any atom is 0.274 e. The molecule has 0 bridgehead atoms. The van der Waals surface area contributed by atoms with E-state index in [1.54, 1.807) is 6.07 Å². The Labute approximate surface area is 141 Å². The Morgan fingerprint density at radius 1 is 1.24 bits per heavy atom. The molecule has 0 aromatic carbocycles. The molecular weight excluding hydrogens is 326 g/mol. The van der Waals surface area contributed by atoms with Crippen molar-refractivity contribution in [3.63, 3.8) is 0 Å². The molecule has 9 heteroatoms. The van der Waals surface area contributed by atoms with Crippen LogP contribution in [0.25, 0.3) is 11.4 Å². The van der Waals surface area contributed by atoms with E-state index in [9.17, 15) is 9.59 Å². The van der Waals surface area contributed by atoms with E-state index in [0.29, 0.717) is 11.3 Å². The van der Waals surface area contributed by atoms with Gasteiger partial charge in [-0.1, -0.05) is 10.3 Å². The lowest BCUT2D eigenvalue weighted by atomic mass is 9.96. The number of carbonyl (C=O) groups is 1. The minimum atomic E-state index is -0.331. The van der Waals surface area contributed by atoms with E-state index in [4.69, 9.17) is 9.05 Å². The van der Waals surface area contributed by atoms with Crippen LogP contribution in [-0.2, 0) is 19.4 Å². The number of fused-ring (bicyclic) bond motifs is 1. The quantitative estimate of drug-likeness (QED) is 0.730. The Morgan fingerprint density at radius 2 is 2.12 bits per heavy atom. The van der Waals surface area contributed by atoms with Gasteiger partial charge in [-0.25, -0.2) is 0 Å². The topological polar surface area (TPSA) is 127 Å². The number of nitrogens with one attached hydrogen (secondary N) is 2. The van der Waals surface area contributed by atoms with Gasteiger partial charge >= 0.3 is 0 Å². The molecule has 0 atom stereocenters. The fourth-order valence-corrected chi connectivity index (χ4v) is 2.83. The van der Waals surface area contributed by atoms with Crippen molar-refractivity contribution in [2.75, 3.05) is 0 Å². The third-order valence-electron chi connectivity index (χ3n) is 4.07. The van der Waals surface area contributed by atoms with Crippen molar-refractivity contribution in [2.24, 2.45) is 0 Å². The molecule has 1 aliphatic rings. The van der Waals surface area contributed by atoms with E-state index in [0.717, 1.165) is 37.0 Å². The summed E-state index contributed by atoms with van der Waals surface area (Å²) in [5, 5.41) is 10.4. The summed E-state index contributed by atoms with van der Waals surface area (Å²) in [5.74, 6) is 0.990. The van der Waals surface area contributed by atoms with Gasteiger partial charge in [-0.3, -0.25) is 9.59 Å². The molecule has 0 fully saturated rings. The van der Waals surface area contributed by atoms with Crippen LogP contribution in [0.4, 0.5) is 0 Å². The van der Waals surface area contributed by atoms with E-state index < -0.39 is 0 Å². The highest BCUT2D eigenvalue weighted by atomic mass is 16.5. The second-order valence-corrected chi connectivity index (χ2v) is 5.78. The predicted molar refractivity (Wildman–Crippen MR) is 84.7 cm³/mol. The highest BCUT2D eigenvalue weighted by molar-refractivity contribution is 5.93. The van der Waals surface area contributed by atoms with Gasteiger partial charge in [-0.15, -0.1) is 0 Å². The second kappa shape index (κ2) is 6.34. The fraction of sp³-hybridized carbons (Fsp3) is 0.312. The van der Waals surface area contributed by atoms with Crippen LogP contribution in [0.1, 0.15) is 40.5 Å². The van der Waals surface area contributed by atoms with Crippen molar-refractivity contribution >= 4 is 5.91 Å². The van der Waals surface area contributed by atoms with Gasteiger partial charge in [-0.2, -0.15) is 4.98 Å². The highest BCUT2D eigenvalue weighted by Crippen LogP contribution is 2.24. The maximum atomic E-state index is 12.3. The minimum absolute atomic E-state index is 0.0661. The highest BCUT2D eigenvalue weighted by Gasteiger charge is 2.24. The second-order valence-electron chi connectivity index (χ2n) is 5.78. The average molecular weight is 341 g/mol. The standard InChI is InChI=1S/C16H15N5O4/c22-12-7-9(5-6-17-12)15-19-13(25-21-15)8-18-16(23)14-10-3-1-2-4-11(10)24-20-14/h5-7H,1-4,8H2,(H,17,22)(H,18,23). The minimum Gasteiger partial charge on any atom is -0.360 e. The number of aryl methyl sites for hydroxylation is 1. The lowest BCUT2D eigenvalue weighted by Crippen LogP contribution is -2.24. The zero-order valence-electron chi connectivity index (χ0n) is 13.2. The summed E-state index contributed by atoms with van der Waals surface area (Å²) in [7, 11) is 0. The van der Waals surface area contributed by atoms with Gasteiger partial charge in [0.05, 0.1) is 6.54 Å². The number of amides is 1. The number of hydrogen-bond acceptors (Lipinski definition) is 7. The van der Waals surface area contributed by atoms with E-state index >= 15 is 0 Å². The summed E-state index contributed by atoms with van der Waals surface area (Å²) in [6.45, 7) is 0.0661. The summed E-state index contributed by atoms with van der Waals surface area (Å²) in [5.41, 5.74) is 1.49. The molecule has 25 heavy (non-hydrogen) atoms. The Balaban J connectivity index is 1.44. The number of pyridine rings is 1. The smallest absolute Gasteiger partial charge is 0.274 e. The monoisotopic (exact) mass is 341 g/mol. The molecule has 0 unspecified atom stereocenters. The fourth-order valence-electron chi connectivity index (χ4n) is 2.83. The lowest BCUT2D eigenvalue weighted by molar-refractivity contribution is 0.0936. The van der Waals surface area contributed by atoms with Crippen LogP contribution in [0, 0.1) is 0 Å². The summed E-state index contributed by atoms with van der Waals surface area (Å²) in [6.07, 6.45) is 5.20. The van der Waals surface area contributed by atoms with Crippen molar-refractivity contribution in [2.45, 2.75) is 32.2 Å². The predicted octanol–water partition coefficient (Wildman–Crippen LogP) is 1.22. The Morgan fingerprint density at radius 3 is 3.00 bits per heavy atom. The van der Waals surface area contributed by atoms with E-state index in [2.05, 4.69) is 25.6 Å². The van der Waals surface area contributed by atoms with Crippen molar-refractivity contribution in [3.05, 3.63) is 51.6 Å². The molecule has 3 aromatic rings. The molecule has 1 aliphatic carbocycles. The van der Waals surface area contributed by atoms with Crippen molar-refractivity contribution in [1.29, 1.82) is 0 Å². The molecule has 4 rings (SSSR count). The number of rotatable bonds is 4. The SMILES string of the molecule is O=C(NCc1nc(-c2cc[nH]c(=O)c2)no1)c1noc2c1CCCC2. The van der Waals surface area contributed by atoms with Crippen LogP contribution in [0.3, 0.4) is 0 Å². The molecule has 0 saturated heterocycles. The van der Waals surface area contributed by atoms with E-state index in [1.165, 1.54) is 12.3 Å². The molecule has 1 amide bonds. The van der Waals surface area contributed by atoms with Crippen LogP contribution >= 0.6 is 0 Å². The molecule has 2 N–H and O–H groups in total. The lowest BCUT2D eigenvalue weighted by Gasteiger charge is -2.08. The van der Waals surface area contributed by atoms with E-state index in [-0.39, 0.29) is 29.7 Å². The Bertz CT molecular complexity index is 971. The van der Waals surface area contributed by atoms with E-state index in [1.807, 2.05) is 0 Å². The van der Waals surface area contributed by atoms with Crippen LogP contribution in [0.5, 0.6) is 0 Å². The first-order valence-electron chi connectivity index (χ1n) is 7.98. The molecule has 9 nitrogen and oxygen atoms in total. The van der Waals surface area contributed by atoms with Crippen LogP contribution in [0.2, 0.25) is 0 Å². The number of H-pyrrole nitrogens is 1. The number of aromatic nitrogens is 4. The largest absolute Gasteiger partial charge is 0.360 e. The van der Waals surface area contributed by atoms with Gasteiger partial charge < -0.3 is 19.3 Å².